The first-order valence-corrected chi connectivity index (χ1v) is 7.57. The van der Waals surface area contributed by atoms with Crippen molar-refractivity contribution in [3.8, 4) is 0 Å². The van der Waals surface area contributed by atoms with E-state index in [1.165, 1.54) is 0 Å². The minimum Gasteiger partial charge on any atom is -0.390 e. The van der Waals surface area contributed by atoms with Gasteiger partial charge in [0.2, 0.25) is 0 Å². The predicted octanol–water partition coefficient (Wildman–Crippen LogP) is 3.43. The molecule has 0 saturated heterocycles. The molecule has 1 heterocycles. The first-order valence-electron chi connectivity index (χ1n) is 7.57. The van der Waals surface area contributed by atoms with Gasteiger partial charge in [0.05, 0.1) is 24.2 Å². The van der Waals surface area contributed by atoms with E-state index < -0.39 is 0 Å². The SMILES string of the molecule is CC(C)c1ncc(NCC(C(C)C)C(C)C)c(CO)n1. The second-order valence-electron chi connectivity index (χ2n) is 6.43. The van der Waals surface area contributed by atoms with Crippen molar-refractivity contribution in [1.82, 2.24) is 9.97 Å². The van der Waals surface area contributed by atoms with Crippen LogP contribution in [0.15, 0.2) is 6.20 Å². The molecule has 0 spiro atoms. The number of aliphatic hydroxyl groups is 1. The van der Waals surface area contributed by atoms with Crippen molar-refractivity contribution in [2.45, 2.75) is 54.1 Å². The normalized spacial score (nSPS) is 11.9. The Bertz CT molecular complexity index is 408. The van der Waals surface area contributed by atoms with E-state index in [9.17, 15) is 5.11 Å². The Morgan fingerprint density at radius 1 is 1.10 bits per heavy atom. The Morgan fingerprint density at radius 2 is 1.70 bits per heavy atom. The maximum absolute atomic E-state index is 9.48. The fourth-order valence-electron chi connectivity index (χ4n) is 2.45. The Balaban J connectivity index is 2.82. The first kappa shape index (κ1) is 16.9. The van der Waals surface area contributed by atoms with Crippen LogP contribution in [0.4, 0.5) is 5.69 Å². The van der Waals surface area contributed by atoms with Gasteiger partial charge in [0.25, 0.3) is 0 Å². The number of nitrogens with one attached hydrogen (secondary N) is 1. The molecule has 0 aliphatic carbocycles. The van der Waals surface area contributed by atoms with E-state index >= 15 is 0 Å². The van der Waals surface area contributed by atoms with E-state index in [0.29, 0.717) is 23.4 Å². The van der Waals surface area contributed by atoms with Crippen LogP contribution in [0.3, 0.4) is 0 Å². The van der Waals surface area contributed by atoms with Gasteiger partial charge in [-0.3, -0.25) is 0 Å². The lowest BCUT2D eigenvalue weighted by Crippen LogP contribution is -2.25. The molecule has 0 aromatic carbocycles. The largest absolute Gasteiger partial charge is 0.390 e. The average molecular weight is 279 g/mol. The number of hydrogen-bond donors (Lipinski definition) is 2. The summed E-state index contributed by atoms with van der Waals surface area (Å²) in [7, 11) is 0. The van der Waals surface area contributed by atoms with Crippen LogP contribution in [0.2, 0.25) is 0 Å². The number of rotatable bonds is 7. The van der Waals surface area contributed by atoms with E-state index in [-0.39, 0.29) is 12.5 Å². The third-order valence-electron chi connectivity index (χ3n) is 3.79. The number of aromatic nitrogens is 2. The van der Waals surface area contributed by atoms with E-state index in [2.05, 4.69) is 56.8 Å². The third kappa shape index (κ3) is 4.44. The summed E-state index contributed by atoms with van der Waals surface area (Å²) in [4.78, 5) is 8.80. The highest BCUT2D eigenvalue weighted by atomic mass is 16.3. The minimum absolute atomic E-state index is 0.0569. The van der Waals surface area contributed by atoms with Crippen molar-refractivity contribution in [3.05, 3.63) is 17.7 Å². The standard InChI is InChI=1S/C16H29N3O/c1-10(2)13(11(3)4)7-17-14-8-18-16(12(5)6)19-15(14)9-20/h8,10-13,17,20H,7,9H2,1-6H3. The quantitative estimate of drug-likeness (QED) is 0.803. The lowest BCUT2D eigenvalue weighted by atomic mass is 9.85. The van der Waals surface area contributed by atoms with E-state index in [1.54, 1.807) is 6.20 Å². The zero-order valence-electron chi connectivity index (χ0n) is 13.6. The number of aliphatic hydroxyl groups excluding tert-OH is 1. The molecular weight excluding hydrogens is 250 g/mol. The number of anilines is 1. The molecule has 0 saturated carbocycles. The fourth-order valence-corrected chi connectivity index (χ4v) is 2.45. The van der Waals surface area contributed by atoms with Gasteiger partial charge in [0.15, 0.2) is 0 Å². The molecule has 1 aromatic heterocycles. The van der Waals surface area contributed by atoms with Gasteiger partial charge < -0.3 is 10.4 Å². The fraction of sp³-hybridized carbons (Fsp3) is 0.750. The summed E-state index contributed by atoms with van der Waals surface area (Å²) in [5, 5.41) is 12.9. The zero-order chi connectivity index (χ0) is 15.3. The molecule has 0 amide bonds. The van der Waals surface area contributed by atoms with Crippen LogP contribution < -0.4 is 5.32 Å². The van der Waals surface area contributed by atoms with Crippen molar-refractivity contribution >= 4 is 5.69 Å². The highest BCUT2D eigenvalue weighted by Crippen LogP contribution is 2.22. The maximum Gasteiger partial charge on any atom is 0.131 e. The number of hydrogen-bond acceptors (Lipinski definition) is 4. The molecule has 20 heavy (non-hydrogen) atoms. The van der Waals surface area contributed by atoms with Crippen LogP contribution in [0.1, 0.15) is 59.0 Å². The molecule has 0 aliphatic heterocycles. The summed E-state index contributed by atoms with van der Waals surface area (Å²) < 4.78 is 0. The molecule has 4 nitrogen and oxygen atoms in total. The van der Waals surface area contributed by atoms with Gasteiger partial charge in [-0.15, -0.1) is 0 Å². The van der Waals surface area contributed by atoms with E-state index in [1.807, 2.05) is 0 Å². The van der Waals surface area contributed by atoms with Crippen LogP contribution in [-0.4, -0.2) is 21.6 Å². The average Bonchev–Trinajstić information content (AvgIpc) is 2.37. The van der Waals surface area contributed by atoms with Crippen molar-refractivity contribution in [2.75, 3.05) is 11.9 Å². The lowest BCUT2D eigenvalue weighted by Gasteiger charge is -2.26. The van der Waals surface area contributed by atoms with Gasteiger partial charge in [-0.1, -0.05) is 41.5 Å². The predicted molar refractivity (Wildman–Crippen MR) is 83.7 cm³/mol. The Kier molecular flexibility index (Phi) is 6.40. The lowest BCUT2D eigenvalue weighted by molar-refractivity contribution is 0.276. The van der Waals surface area contributed by atoms with Crippen LogP contribution in [0.25, 0.3) is 0 Å². The monoisotopic (exact) mass is 279 g/mol. The molecule has 0 unspecified atom stereocenters. The molecule has 1 aromatic rings. The molecular formula is C16H29N3O. The Hall–Kier alpha value is -1.16. The third-order valence-corrected chi connectivity index (χ3v) is 3.79. The summed E-state index contributed by atoms with van der Waals surface area (Å²) in [6, 6.07) is 0. The van der Waals surface area contributed by atoms with Gasteiger partial charge in [0, 0.05) is 12.5 Å². The molecule has 4 heteroatoms. The van der Waals surface area contributed by atoms with E-state index in [0.717, 1.165) is 18.1 Å². The summed E-state index contributed by atoms with van der Waals surface area (Å²) in [5.74, 6) is 2.88. The summed E-state index contributed by atoms with van der Waals surface area (Å²) >= 11 is 0. The molecule has 0 bridgehead atoms. The topological polar surface area (TPSA) is 58.0 Å². The van der Waals surface area contributed by atoms with Gasteiger partial charge in [-0.05, 0) is 17.8 Å². The Morgan fingerprint density at radius 3 is 2.15 bits per heavy atom. The summed E-state index contributed by atoms with van der Waals surface area (Å²) in [6.07, 6.45) is 1.80. The molecule has 0 fully saturated rings. The molecule has 0 atom stereocenters. The first-order chi connectivity index (χ1) is 9.36. The van der Waals surface area contributed by atoms with Crippen LogP contribution >= 0.6 is 0 Å². The van der Waals surface area contributed by atoms with Crippen LogP contribution in [-0.2, 0) is 6.61 Å². The second kappa shape index (κ2) is 7.58. The Labute approximate surface area is 123 Å². The number of nitrogens with zero attached hydrogens (tertiary/aromatic N) is 2. The maximum atomic E-state index is 9.48. The van der Waals surface area contributed by atoms with Crippen molar-refractivity contribution in [1.29, 1.82) is 0 Å². The molecule has 0 radical (unpaired) electrons. The van der Waals surface area contributed by atoms with Gasteiger partial charge in [-0.25, -0.2) is 9.97 Å². The molecule has 2 N–H and O–H groups in total. The molecule has 114 valence electrons. The van der Waals surface area contributed by atoms with Gasteiger partial charge in [0.1, 0.15) is 5.82 Å². The van der Waals surface area contributed by atoms with Crippen molar-refractivity contribution in [3.63, 3.8) is 0 Å². The van der Waals surface area contributed by atoms with Crippen molar-refractivity contribution < 1.29 is 5.11 Å². The second-order valence-corrected chi connectivity index (χ2v) is 6.43. The van der Waals surface area contributed by atoms with Gasteiger partial charge >= 0.3 is 0 Å². The summed E-state index contributed by atoms with van der Waals surface area (Å²) in [6.45, 7) is 13.9. The van der Waals surface area contributed by atoms with Crippen LogP contribution in [0, 0.1) is 17.8 Å². The summed E-state index contributed by atoms with van der Waals surface area (Å²) in [5.41, 5.74) is 1.54. The molecule has 0 aliphatic rings. The highest BCUT2D eigenvalue weighted by molar-refractivity contribution is 5.45. The smallest absolute Gasteiger partial charge is 0.131 e. The van der Waals surface area contributed by atoms with Gasteiger partial charge in [-0.2, -0.15) is 0 Å². The zero-order valence-corrected chi connectivity index (χ0v) is 13.6. The highest BCUT2D eigenvalue weighted by Gasteiger charge is 2.18. The van der Waals surface area contributed by atoms with E-state index in [4.69, 9.17) is 0 Å². The minimum atomic E-state index is -0.0569. The van der Waals surface area contributed by atoms with Crippen LogP contribution in [0.5, 0.6) is 0 Å². The molecule has 1 rings (SSSR count). The van der Waals surface area contributed by atoms with Crippen molar-refractivity contribution in [2.24, 2.45) is 17.8 Å².